The lowest BCUT2D eigenvalue weighted by Gasteiger charge is -2.15. The zero-order chi connectivity index (χ0) is 15.2. The van der Waals surface area contributed by atoms with Gasteiger partial charge in [-0.05, 0) is 18.7 Å². The molecule has 1 amide bonds. The number of hydrogen-bond donors (Lipinski definition) is 1. The molecule has 1 heterocycles. The summed E-state index contributed by atoms with van der Waals surface area (Å²) in [7, 11) is 3.59. The molecule has 0 saturated heterocycles. The minimum Gasteiger partial charge on any atom is -0.339 e. The van der Waals surface area contributed by atoms with Crippen LogP contribution in [0.2, 0.25) is 0 Å². The molecule has 0 atom stereocenters. The van der Waals surface area contributed by atoms with E-state index in [9.17, 15) is 9.18 Å². The zero-order valence-corrected chi connectivity index (χ0v) is 15.4. The average molecular weight is 380 g/mol. The minimum atomic E-state index is -0.244. The quantitative estimate of drug-likeness (QED) is 0.838. The highest BCUT2D eigenvalue weighted by Crippen LogP contribution is 2.17. The molecule has 0 saturated carbocycles. The van der Waals surface area contributed by atoms with Crippen LogP contribution in [0.3, 0.4) is 0 Å². The molecule has 8 heteroatoms. The predicted octanol–water partition coefficient (Wildman–Crippen LogP) is 3.01. The van der Waals surface area contributed by atoms with Crippen molar-refractivity contribution in [1.29, 1.82) is 0 Å². The molecule has 0 unspecified atom stereocenters. The number of rotatable bonds is 6. The molecule has 0 spiro atoms. The van der Waals surface area contributed by atoms with Crippen LogP contribution in [-0.4, -0.2) is 43.0 Å². The van der Waals surface area contributed by atoms with Gasteiger partial charge < -0.3 is 10.2 Å². The Kier molecular flexibility index (Phi) is 9.99. The van der Waals surface area contributed by atoms with Gasteiger partial charge in [-0.25, -0.2) is 9.37 Å². The highest BCUT2D eigenvalue weighted by molar-refractivity contribution is 7.09. The summed E-state index contributed by atoms with van der Waals surface area (Å²) in [4.78, 5) is 18.1. The molecule has 0 aliphatic rings. The summed E-state index contributed by atoms with van der Waals surface area (Å²) in [6.07, 6.45) is 0.408. The third-order valence-electron chi connectivity index (χ3n) is 3.11. The van der Waals surface area contributed by atoms with Gasteiger partial charge in [-0.1, -0.05) is 18.2 Å². The van der Waals surface area contributed by atoms with E-state index in [0.717, 1.165) is 11.6 Å². The van der Waals surface area contributed by atoms with Crippen molar-refractivity contribution in [2.75, 3.05) is 27.2 Å². The summed E-state index contributed by atoms with van der Waals surface area (Å²) in [5.74, 6) is -0.354. The van der Waals surface area contributed by atoms with E-state index in [1.54, 1.807) is 35.5 Å². The van der Waals surface area contributed by atoms with Crippen LogP contribution in [0.1, 0.15) is 21.1 Å². The molecule has 2 aromatic rings. The Labute approximate surface area is 151 Å². The standard InChI is InChI=1S/C15H18FN3OS.2ClH/c1-17-7-8-19(2)15(20)13-10-21-14(18-13)9-11-5-3-4-6-12(11)16;;/h3-6,10,17H,7-9H2,1-2H3;2*1H. The fraction of sp³-hybridized carbons (Fsp3) is 0.333. The van der Waals surface area contributed by atoms with E-state index in [1.807, 2.05) is 7.05 Å². The lowest BCUT2D eigenvalue weighted by molar-refractivity contribution is 0.0791. The van der Waals surface area contributed by atoms with Crippen molar-refractivity contribution in [3.8, 4) is 0 Å². The number of hydrogen-bond acceptors (Lipinski definition) is 4. The van der Waals surface area contributed by atoms with Crippen LogP contribution in [0.25, 0.3) is 0 Å². The van der Waals surface area contributed by atoms with Crippen LogP contribution < -0.4 is 5.32 Å². The fourth-order valence-corrected chi connectivity index (χ4v) is 2.66. The Hall–Kier alpha value is -1.21. The van der Waals surface area contributed by atoms with Crippen LogP contribution in [0.4, 0.5) is 4.39 Å². The van der Waals surface area contributed by atoms with E-state index in [1.165, 1.54) is 17.4 Å². The van der Waals surface area contributed by atoms with Gasteiger partial charge in [-0.2, -0.15) is 0 Å². The highest BCUT2D eigenvalue weighted by atomic mass is 35.5. The number of thiazole rings is 1. The van der Waals surface area contributed by atoms with Crippen molar-refractivity contribution in [1.82, 2.24) is 15.2 Å². The van der Waals surface area contributed by atoms with E-state index >= 15 is 0 Å². The van der Waals surface area contributed by atoms with E-state index in [4.69, 9.17) is 0 Å². The first-order valence-corrected chi connectivity index (χ1v) is 7.57. The summed E-state index contributed by atoms with van der Waals surface area (Å²) >= 11 is 1.38. The summed E-state index contributed by atoms with van der Waals surface area (Å²) in [5, 5.41) is 5.47. The van der Waals surface area contributed by atoms with Gasteiger partial charge in [0.2, 0.25) is 0 Å². The summed E-state index contributed by atoms with van der Waals surface area (Å²) in [6, 6.07) is 6.62. The maximum atomic E-state index is 13.6. The largest absolute Gasteiger partial charge is 0.339 e. The van der Waals surface area contributed by atoms with E-state index < -0.39 is 0 Å². The van der Waals surface area contributed by atoms with Crippen LogP contribution >= 0.6 is 36.2 Å². The number of carbonyl (C=O) groups excluding carboxylic acids is 1. The number of aromatic nitrogens is 1. The molecule has 4 nitrogen and oxygen atoms in total. The van der Waals surface area contributed by atoms with Crippen LogP contribution in [0.15, 0.2) is 29.6 Å². The van der Waals surface area contributed by atoms with Gasteiger partial charge in [0, 0.05) is 31.9 Å². The van der Waals surface area contributed by atoms with E-state index in [0.29, 0.717) is 24.2 Å². The third kappa shape index (κ3) is 6.06. The van der Waals surface area contributed by atoms with E-state index in [-0.39, 0.29) is 36.5 Å². The molecule has 1 N–H and O–H groups in total. The predicted molar refractivity (Wildman–Crippen MR) is 96.7 cm³/mol. The van der Waals surface area contributed by atoms with Gasteiger partial charge in [0.05, 0.1) is 5.01 Å². The van der Waals surface area contributed by atoms with Crippen LogP contribution in [-0.2, 0) is 6.42 Å². The van der Waals surface area contributed by atoms with Gasteiger partial charge in [0.15, 0.2) is 0 Å². The lowest BCUT2D eigenvalue weighted by atomic mass is 10.1. The third-order valence-corrected chi connectivity index (χ3v) is 3.96. The monoisotopic (exact) mass is 379 g/mol. The molecule has 23 heavy (non-hydrogen) atoms. The molecule has 1 aromatic carbocycles. The second-order valence-electron chi connectivity index (χ2n) is 4.72. The second kappa shape index (κ2) is 10.5. The summed E-state index contributed by atoms with van der Waals surface area (Å²) < 4.78 is 13.6. The Bertz CT molecular complexity index is 624. The van der Waals surface area contributed by atoms with Crippen molar-refractivity contribution >= 4 is 42.1 Å². The molecule has 0 aliphatic heterocycles. The number of nitrogens with zero attached hydrogens (tertiary/aromatic N) is 2. The number of halogens is 3. The zero-order valence-electron chi connectivity index (χ0n) is 12.9. The van der Waals surface area contributed by atoms with Gasteiger partial charge >= 0.3 is 0 Å². The highest BCUT2D eigenvalue weighted by Gasteiger charge is 2.15. The van der Waals surface area contributed by atoms with Crippen LogP contribution in [0.5, 0.6) is 0 Å². The van der Waals surface area contributed by atoms with Gasteiger partial charge in [-0.3, -0.25) is 4.79 Å². The van der Waals surface area contributed by atoms with E-state index in [2.05, 4.69) is 10.3 Å². The Balaban J connectivity index is 0.00000242. The first-order valence-electron chi connectivity index (χ1n) is 6.69. The number of nitrogens with one attached hydrogen (secondary N) is 1. The number of likely N-dealkylation sites (N-methyl/N-ethyl adjacent to an activating group) is 2. The number of carbonyl (C=O) groups is 1. The number of amides is 1. The molecule has 0 fully saturated rings. The normalized spacial score (nSPS) is 9.70. The molecule has 1 aromatic heterocycles. The molecule has 2 rings (SSSR count). The van der Waals surface area contributed by atoms with Gasteiger partial charge in [0.1, 0.15) is 11.5 Å². The average Bonchev–Trinajstić information content (AvgIpc) is 2.95. The van der Waals surface area contributed by atoms with Crippen molar-refractivity contribution < 1.29 is 9.18 Å². The second-order valence-corrected chi connectivity index (χ2v) is 5.67. The smallest absolute Gasteiger partial charge is 0.273 e. The summed E-state index contributed by atoms with van der Waals surface area (Å²) in [6.45, 7) is 1.35. The van der Waals surface area contributed by atoms with Crippen molar-refractivity contribution in [2.24, 2.45) is 0 Å². The molecular weight excluding hydrogens is 360 g/mol. The topological polar surface area (TPSA) is 45.2 Å². The fourth-order valence-electron chi connectivity index (χ4n) is 1.87. The first kappa shape index (κ1) is 21.8. The Morgan fingerprint density at radius 2 is 2.04 bits per heavy atom. The maximum absolute atomic E-state index is 13.6. The molecule has 0 aliphatic carbocycles. The van der Waals surface area contributed by atoms with Gasteiger partial charge in [0.25, 0.3) is 5.91 Å². The lowest BCUT2D eigenvalue weighted by Crippen LogP contribution is -2.32. The summed E-state index contributed by atoms with van der Waals surface area (Å²) in [5.41, 5.74) is 1.01. The molecular formula is C15H20Cl2FN3OS. The maximum Gasteiger partial charge on any atom is 0.273 e. The van der Waals surface area contributed by atoms with Crippen molar-refractivity contribution in [2.45, 2.75) is 6.42 Å². The SMILES string of the molecule is CNCCN(C)C(=O)c1csc(Cc2ccccc2F)n1.Cl.Cl. The minimum absolute atomic E-state index is 0. The molecule has 0 radical (unpaired) electrons. The van der Waals surface area contributed by atoms with Gasteiger partial charge in [-0.15, -0.1) is 36.2 Å². The van der Waals surface area contributed by atoms with Crippen molar-refractivity contribution in [3.05, 3.63) is 51.7 Å². The molecule has 0 bridgehead atoms. The van der Waals surface area contributed by atoms with Crippen molar-refractivity contribution in [3.63, 3.8) is 0 Å². The first-order chi connectivity index (χ1) is 10.1. The molecule has 128 valence electrons. The Morgan fingerprint density at radius 1 is 1.35 bits per heavy atom. The number of benzene rings is 1. The van der Waals surface area contributed by atoms with Crippen LogP contribution in [0, 0.1) is 5.82 Å². The Morgan fingerprint density at radius 3 is 2.70 bits per heavy atom.